The number of esters is 1. The molecule has 6 nitrogen and oxygen atoms in total. The molecule has 150 valence electrons. The smallest absolute Gasteiger partial charge is 0.870 e. The maximum Gasteiger partial charge on any atom is 1.00 e. The molecule has 0 fully saturated rings. The van der Waals surface area contributed by atoms with Gasteiger partial charge in [-0.1, -0.05) is 60.7 Å². The summed E-state index contributed by atoms with van der Waals surface area (Å²) in [6, 6.07) is 18.8. The molecular weight excluding hydrogens is 355 g/mol. The molecule has 0 heterocycles. The van der Waals surface area contributed by atoms with Crippen molar-refractivity contribution in [2.75, 3.05) is 7.11 Å². The molecule has 0 bridgehead atoms. The molecule has 2 rings (SSSR count). The van der Waals surface area contributed by atoms with E-state index in [9.17, 15) is 9.59 Å². The molecule has 2 aromatic rings. The summed E-state index contributed by atoms with van der Waals surface area (Å²) in [4.78, 5) is 22.2. The van der Waals surface area contributed by atoms with Gasteiger partial charge in [0.15, 0.2) is 0 Å². The molecule has 0 saturated heterocycles. The van der Waals surface area contributed by atoms with Gasteiger partial charge in [-0.25, -0.2) is 0 Å². The van der Waals surface area contributed by atoms with Crippen molar-refractivity contribution in [1.29, 1.82) is 0 Å². The van der Waals surface area contributed by atoms with E-state index in [2.05, 4.69) is 0 Å². The number of benzene rings is 2. The van der Waals surface area contributed by atoms with Gasteiger partial charge in [0.25, 0.3) is 0 Å². The van der Waals surface area contributed by atoms with Crippen molar-refractivity contribution < 1.29 is 49.2 Å². The Bertz CT molecular complexity index is 699. The van der Waals surface area contributed by atoms with Crippen LogP contribution in [0.2, 0.25) is 0 Å². The number of ether oxygens (including phenoxy) is 1. The SMILES string of the molecule is CC(C)(C(=O)O)c1ccccc1.COC(=O)C(C)(C)c1ccccc1.[Li+].[OH-].[OH-]. The van der Waals surface area contributed by atoms with Crippen molar-refractivity contribution in [2.45, 2.75) is 38.5 Å². The standard InChI is InChI=1S/C11H14O2.C10H12O2.Li.2H2O/c1-11(2,10(12)13-3)9-7-5-4-6-8-9;1-10(2,9(11)12)8-6-4-3-5-7-8;;;/h4-8H,1-3H3;3-7H,1-2H3,(H,11,12);;2*1H2/q;;+1;;/p-2. The Morgan fingerprint density at radius 3 is 1.36 bits per heavy atom. The van der Waals surface area contributed by atoms with Crippen molar-refractivity contribution >= 4 is 11.9 Å². The van der Waals surface area contributed by atoms with Gasteiger partial charge in [-0.3, -0.25) is 9.59 Å². The Morgan fingerprint density at radius 1 is 0.750 bits per heavy atom. The first-order valence-corrected chi connectivity index (χ1v) is 8.07. The summed E-state index contributed by atoms with van der Waals surface area (Å²) >= 11 is 0. The van der Waals surface area contributed by atoms with Crippen LogP contribution in [0, 0.1) is 0 Å². The van der Waals surface area contributed by atoms with Gasteiger partial charge in [0.2, 0.25) is 0 Å². The molecule has 2 aromatic carbocycles. The second-order valence-electron chi connectivity index (χ2n) is 6.78. The number of carboxylic acid groups (broad SMARTS) is 1. The maximum atomic E-state index is 11.4. The van der Waals surface area contributed by atoms with Gasteiger partial charge in [0, 0.05) is 0 Å². The Labute approximate surface area is 178 Å². The summed E-state index contributed by atoms with van der Waals surface area (Å²) in [6.45, 7) is 7.11. The molecule has 28 heavy (non-hydrogen) atoms. The van der Waals surface area contributed by atoms with Crippen molar-refractivity contribution in [3.63, 3.8) is 0 Å². The van der Waals surface area contributed by atoms with Crippen LogP contribution in [0.5, 0.6) is 0 Å². The van der Waals surface area contributed by atoms with E-state index in [1.54, 1.807) is 13.8 Å². The molecule has 0 aromatic heterocycles. The van der Waals surface area contributed by atoms with Crippen LogP contribution in [0.3, 0.4) is 0 Å². The van der Waals surface area contributed by atoms with E-state index in [1.807, 2.05) is 74.5 Å². The Kier molecular flexibility index (Phi) is 14.4. The van der Waals surface area contributed by atoms with Crippen molar-refractivity contribution in [2.24, 2.45) is 0 Å². The van der Waals surface area contributed by atoms with Crippen molar-refractivity contribution in [1.82, 2.24) is 0 Å². The van der Waals surface area contributed by atoms with Crippen molar-refractivity contribution in [3.8, 4) is 0 Å². The molecule has 7 heteroatoms. The summed E-state index contributed by atoms with van der Waals surface area (Å²) in [5.74, 6) is -1.01. The molecular formula is C21H28LiO6-. The minimum Gasteiger partial charge on any atom is -0.870 e. The summed E-state index contributed by atoms with van der Waals surface area (Å²) in [7, 11) is 1.41. The van der Waals surface area contributed by atoms with E-state index in [0.717, 1.165) is 11.1 Å². The predicted molar refractivity (Wildman–Crippen MR) is 102 cm³/mol. The van der Waals surface area contributed by atoms with Gasteiger partial charge < -0.3 is 20.8 Å². The summed E-state index contributed by atoms with van der Waals surface area (Å²) < 4.78 is 4.73. The third-order valence-electron chi connectivity index (χ3n) is 4.22. The van der Waals surface area contributed by atoms with Crippen LogP contribution in [0.1, 0.15) is 38.8 Å². The first-order valence-electron chi connectivity index (χ1n) is 8.07. The fourth-order valence-corrected chi connectivity index (χ4v) is 2.21. The fraction of sp³-hybridized carbons (Fsp3) is 0.333. The molecule has 0 saturated carbocycles. The number of aliphatic carboxylic acids is 1. The number of carbonyl (C=O) groups excluding carboxylic acids is 1. The van der Waals surface area contributed by atoms with E-state index in [0.29, 0.717) is 0 Å². The van der Waals surface area contributed by atoms with Gasteiger partial charge in [-0.15, -0.1) is 0 Å². The first kappa shape index (κ1) is 30.6. The van der Waals surface area contributed by atoms with E-state index in [-0.39, 0.29) is 35.8 Å². The number of methoxy groups -OCH3 is 1. The zero-order valence-corrected chi connectivity index (χ0v) is 17.3. The van der Waals surface area contributed by atoms with Crippen LogP contribution in [0.15, 0.2) is 60.7 Å². The summed E-state index contributed by atoms with van der Waals surface area (Å²) in [5.41, 5.74) is 0.455. The fourth-order valence-electron chi connectivity index (χ4n) is 2.21. The molecule has 0 atom stereocenters. The summed E-state index contributed by atoms with van der Waals surface area (Å²) in [6.07, 6.45) is 0. The minimum absolute atomic E-state index is 0. The van der Waals surface area contributed by atoms with Gasteiger partial charge in [-0.05, 0) is 38.8 Å². The maximum absolute atomic E-state index is 11.4. The van der Waals surface area contributed by atoms with Crippen LogP contribution in [0.25, 0.3) is 0 Å². The average molecular weight is 383 g/mol. The average Bonchev–Trinajstić information content (AvgIpc) is 2.62. The van der Waals surface area contributed by atoms with Crippen LogP contribution < -0.4 is 18.9 Å². The zero-order valence-electron chi connectivity index (χ0n) is 17.3. The first-order chi connectivity index (χ1) is 11.6. The van der Waals surface area contributed by atoms with E-state index in [4.69, 9.17) is 9.84 Å². The molecule has 0 aliphatic carbocycles. The normalized spacial score (nSPS) is 9.89. The van der Waals surface area contributed by atoms with Crippen LogP contribution in [-0.2, 0) is 25.2 Å². The second-order valence-corrected chi connectivity index (χ2v) is 6.78. The third-order valence-corrected chi connectivity index (χ3v) is 4.22. The largest absolute Gasteiger partial charge is 1.00 e. The van der Waals surface area contributed by atoms with Crippen LogP contribution in [0.4, 0.5) is 0 Å². The quantitative estimate of drug-likeness (QED) is 0.616. The molecule has 0 amide bonds. The Hall–Kier alpha value is -2.10. The number of rotatable bonds is 4. The molecule has 0 radical (unpaired) electrons. The number of hydrogen-bond acceptors (Lipinski definition) is 5. The number of carboxylic acids is 1. The second kappa shape index (κ2) is 13.1. The van der Waals surface area contributed by atoms with E-state index < -0.39 is 16.8 Å². The Morgan fingerprint density at radius 2 is 1.07 bits per heavy atom. The zero-order chi connectivity index (χ0) is 19.1. The minimum atomic E-state index is -0.797. The predicted octanol–water partition coefficient (Wildman–Crippen LogP) is 0.836. The third kappa shape index (κ3) is 7.87. The van der Waals surface area contributed by atoms with E-state index in [1.165, 1.54) is 7.11 Å². The van der Waals surface area contributed by atoms with Gasteiger partial charge in [0.1, 0.15) is 0 Å². The van der Waals surface area contributed by atoms with Gasteiger partial charge in [-0.2, -0.15) is 0 Å². The molecule has 3 N–H and O–H groups in total. The van der Waals surface area contributed by atoms with Crippen LogP contribution in [-0.4, -0.2) is 35.1 Å². The molecule has 0 aliphatic heterocycles. The van der Waals surface area contributed by atoms with Crippen LogP contribution >= 0.6 is 0 Å². The molecule has 0 unspecified atom stereocenters. The van der Waals surface area contributed by atoms with E-state index >= 15 is 0 Å². The number of hydrogen-bond donors (Lipinski definition) is 1. The Balaban J connectivity index is -0.000000404. The van der Waals surface area contributed by atoms with Gasteiger partial charge in [0.05, 0.1) is 17.9 Å². The molecule has 0 spiro atoms. The monoisotopic (exact) mass is 383 g/mol. The number of carbonyl (C=O) groups is 2. The summed E-state index contributed by atoms with van der Waals surface area (Å²) in [5, 5.41) is 8.89. The van der Waals surface area contributed by atoms with Gasteiger partial charge >= 0.3 is 30.8 Å². The molecule has 0 aliphatic rings. The van der Waals surface area contributed by atoms with Crippen molar-refractivity contribution in [3.05, 3.63) is 71.8 Å². The topological polar surface area (TPSA) is 124 Å².